The molecular weight excluding hydrogens is 400 g/mol. The number of hydrogen-bond acceptors (Lipinski definition) is 4. The van der Waals surface area contributed by atoms with Crippen molar-refractivity contribution < 1.29 is 13.2 Å². The van der Waals surface area contributed by atoms with Gasteiger partial charge in [-0.25, -0.2) is 13.1 Å². The number of ether oxygens (including phenoxy) is 1. The average molecular weight is 414 g/mol. The van der Waals surface area contributed by atoms with Crippen molar-refractivity contribution in [3.8, 4) is 0 Å². The van der Waals surface area contributed by atoms with Crippen LogP contribution in [0.1, 0.15) is 0 Å². The second-order valence-corrected chi connectivity index (χ2v) is 7.69. The van der Waals surface area contributed by atoms with Crippen LogP contribution in [-0.2, 0) is 14.8 Å². The highest BCUT2D eigenvalue weighted by Crippen LogP contribution is 2.26. The van der Waals surface area contributed by atoms with Crippen LogP contribution < -0.4 is 10.0 Å². The van der Waals surface area contributed by atoms with E-state index in [1.807, 2.05) is 0 Å². The van der Waals surface area contributed by atoms with Gasteiger partial charge >= 0.3 is 0 Å². The molecule has 0 bridgehead atoms. The summed E-state index contributed by atoms with van der Waals surface area (Å²) in [5, 5.41) is 3.10. The summed E-state index contributed by atoms with van der Waals surface area (Å²) in [7, 11) is -1.99. The summed E-state index contributed by atoms with van der Waals surface area (Å²) in [4.78, 5) is 0.220. The first-order chi connectivity index (χ1) is 8.94. The van der Waals surface area contributed by atoms with Gasteiger partial charge in [-0.2, -0.15) is 0 Å². The first-order valence-corrected chi connectivity index (χ1v) is 8.72. The molecule has 1 unspecified atom stereocenters. The monoisotopic (exact) mass is 412 g/mol. The second kappa shape index (κ2) is 6.19. The summed E-state index contributed by atoms with van der Waals surface area (Å²) < 4.78 is 33.9. The predicted octanol–water partition coefficient (Wildman–Crippen LogP) is 1.48. The van der Waals surface area contributed by atoms with E-state index >= 15 is 0 Å². The number of halogens is 2. The molecule has 2 atom stereocenters. The summed E-state index contributed by atoms with van der Waals surface area (Å²) in [6, 6.07) is 4.70. The second-order valence-electron chi connectivity index (χ2n) is 4.23. The van der Waals surface area contributed by atoms with Crippen LogP contribution in [-0.4, -0.2) is 40.8 Å². The van der Waals surface area contributed by atoms with Crippen LogP contribution in [0.3, 0.4) is 0 Å². The maximum atomic E-state index is 12.3. The molecule has 8 heteroatoms. The Morgan fingerprint density at radius 1 is 1.37 bits per heavy atom. The smallest absolute Gasteiger partial charge is 0.242 e. The molecule has 1 fully saturated rings. The molecule has 0 radical (unpaired) electrons. The van der Waals surface area contributed by atoms with Crippen molar-refractivity contribution in [3.05, 3.63) is 27.1 Å². The predicted molar refractivity (Wildman–Crippen MR) is 79.6 cm³/mol. The minimum absolute atomic E-state index is 0.149. The SMILES string of the molecule is CO[C@H]1CNCC1NS(=O)(=O)c1ccc(Br)cc1Br. The lowest BCUT2D eigenvalue weighted by Crippen LogP contribution is -2.43. The Hall–Kier alpha value is 0.01000. The van der Waals surface area contributed by atoms with Crippen molar-refractivity contribution in [3.63, 3.8) is 0 Å². The Balaban J connectivity index is 2.23. The lowest BCUT2D eigenvalue weighted by atomic mass is 10.2. The number of sulfonamides is 1. The zero-order valence-corrected chi connectivity index (χ0v) is 14.2. The standard InChI is InChI=1S/C11H14Br2N2O3S/c1-18-10-6-14-5-9(10)15-19(16,17)11-3-2-7(12)4-8(11)13/h2-4,9-10,14-15H,5-6H2,1H3/t9?,10-/m0/s1. The van der Waals surface area contributed by atoms with Crippen molar-refractivity contribution >= 4 is 41.9 Å². The van der Waals surface area contributed by atoms with Crippen LogP contribution in [0.5, 0.6) is 0 Å². The largest absolute Gasteiger partial charge is 0.378 e. The fraction of sp³-hybridized carbons (Fsp3) is 0.455. The number of methoxy groups -OCH3 is 1. The van der Waals surface area contributed by atoms with E-state index in [9.17, 15) is 8.42 Å². The van der Waals surface area contributed by atoms with Gasteiger partial charge in [0, 0.05) is 29.1 Å². The topological polar surface area (TPSA) is 67.4 Å². The van der Waals surface area contributed by atoms with Gasteiger partial charge in [0.2, 0.25) is 10.0 Å². The Morgan fingerprint density at radius 2 is 2.11 bits per heavy atom. The third-order valence-corrected chi connectivity index (χ3v) is 5.91. The number of nitrogens with one attached hydrogen (secondary N) is 2. The van der Waals surface area contributed by atoms with Gasteiger partial charge in [-0.05, 0) is 34.1 Å². The zero-order chi connectivity index (χ0) is 14.0. The van der Waals surface area contributed by atoms with Gasteiger partial charge < -0.3 is 10.1 Å². The summed E-state index contributed by atoms with van der Waals surface area (Å²) in [5.74, 6) is 0. The van der Waals surface area contributed by atoms with Gasteiger partial charge in [0.15, 0.2) is 0 Å². The van der Waals surface area contributed by atoms with Crippen molar-refractivity contribution in [2.45, 2.75) is 17.0 Å². The van der Waals surface area contributed by atoms with E-state index in [4.69, 9.17) is 4.74 Å². The van der Waals surface area contributed by atoms with E-state index in [2.05, 4.69) is 41.9 Å². The number of benzene rings is 1. The van der Waals surface area contributed by atoms with Crippen molar-refractivity contribution in [2.24, 2.45) is 0 Å². The Bertz CT molecular complexity index is 565. The molecule has 2 rings (SSSR count). The Labute approximate surface area is 129 Å². The number of rotatable bonds is 4. The lowest BCUT2D eigenvalue weighted by Gasteiger charge is -2.19. The first kappa shape index (κ1) is 15.4. The minimum Gasteiger partial charge on any atom is -0.378 e. The minimum atomic E-state index is -3.57. The third-order valence-electron chi connectivity index (χ3n) is 2.95. The molecule has 1 aliphatic heterocycles. The highest BCUT2D eigenvalue weighted by Gasteiger charge is 2.31. The third kappa shape index (κ3) is 3.56. The summed E-state index contributed by atoms with van der Waals surface area (Å²) in [6.07, 6.45) is -0.149. The molecule has 0 aliphatic carbocycles. The Kier molecular flexibility index (Phi) is 5.02. The van der Waals surface area contributed by atoms with Crippen molar-refractivity contribution in [2.75, 3.05) is 20.2 Å². The van der Waals surface area contributed by atoms with Gasteiger partial charge in [-0.1, -0.05) is 15.9 Å². The quantitative estimate of drug-likeness (QED) is 0.784. The molecule has 1 saturated heterocycles. The highest BCUT2D eigenvalue weighted by atomic mass is 79.9. The molecule has 0 amide bonds. The molecule has 1 aromatic rings. The van der Waals surface area contributed by atoms with E-state index in [1.54, 1.807) is 25.3 Å². The average Bonchev–Trinajstić information content (AvgIpc) is 2.74. The highest BCUT2D eigenvalue weighted by molar-refractivity contribution is 9.11. The first-order valence-electron chi connectivity index (χ1n) is 5.65. The maximum Gasteiger partial charge on any atom is 0.242 e. The molecule has 5 nitrogen and oxygen atoms in total. The molecule has 0 aromatic heterocycles. The van der Waals surface area contributed by atoms with Gasteiger partial charge in [-0.3, -0.25) is 0 Å². The van der Waals surface area contributed by atoms with Gasteiger partial charge in [0.05, 0.1) is 17.0 Å². The van der Waals surface area contributed by atoms with Crippen LogP contribution in [0.4, 0.5) is 0 Å². The molecule has 19 heavy (non-hydrogen) atoms. The van der Waals surface area contributed by atoms with Crippen molar-refractivity contribution in [1.29, 1.82) is 0 Å². The van der Waals surface area contributed by atoms with Gasteiger partial charge in [-0.15, -0.1) is 0 Å². The van der Waals surface area contributed by atoms with E-state index in [-0.39, 0.29) is 17.0 Å². The zero-order valence-electron chi connectivity index (χ0n) is 10.2. The number of hydrogen-bond donors (Lipinski definition) is 2. The molecule has 1 aromatic carbocycles. The van der Waals surface area contributed by atoms with E-state index in [0.717, 1.165) is 4.47 Å². The normalized spacial score (nSPS) is 23.7. The Morgan fingerprint density at radius 3 is 2.74 bits per heavy atom. The van der Waals surface area contributed by atoms with Gasteiger partial charge in [0.1, 0.15) is 0 Å². The fourth-order valence-electron chi connectivity index (χ4n) is 1.98. The van der Waals surface area contributed by atoms with Crippen LogP contribution in [0.2, 0.25) is 0 Å². The van der Waals surface area contributed by atoms with Crippen LogP contribution in [0.15, 0.2) is 32.0 Å². The van der Waals surface area contributed by atoms with Gasteiger partial charge in [0.25, 0.3) is 0 Å². The summed E-state index contributed by atoms with van der Waals surface area (Å²) in [5.41, 5.74) is 0. The molecule has 106 valence electrons. The van der Waals surface area contributed by atoms with E-state index in [1.165, 1.54) is 0 Å². The van der Waals surface area contributed by atoms with E-state index in [0.29, 0.717) is 17.6 Å². The summed E-state index contributed by atoms with van der Waals surface area (Å²) in [6.45, 7) is 1.21. The molecule has 1 aliphatic rings. The fourth-order valence-corrected chi connectivity index (χ4v) is 4.99. The molecule has 2 N–H and O–H groups in total. The summed E-state index contributed by atoms with van der Waals surface area (Å²) >= 11 is 6.57. The molecular formula is C11H14Br2N2O3S. The van der Waals surface area contributed by atoms with Crippen LogP contribution in [0.25, 0.3) is 0 Å². The maximum absolute atomic E-state index is 12.3. The molecule has 1 heterocycles. The van der Waals surface area contributed by atoms with Crippen LogP contribution >= 0.6 is 31.9 Å². The molecule has 0 spiro atoms. The van der Waals surface area contributed by atoms with Crippen LogP contribution in [0, 0.1) is 0 Å². The lowest BCUT2D eigenvalue weighted by molar-refractivity contribution is 0.103. The molecule has 0 saturated carbocycles. The van der Waals surface area contributed by atoms with E-state index < -0.39 is 10.0 Å². The van der Waals surface area contributed by atoms with Crippen molar-refractivity contribution in [1.82, 2.24) is 10.0 Å².